The van der Waals surface area contributed by atoms with E-state index in [2.05, 4.69) is 17.5 Å². The summed E-state index contributed by atoms with van der Waals surface area (Å²) >= 11 is 4.65. The fraction of sp³-hybridized carbons (Fsp3) is 0.111. The number of nitrogens with zero attached hydrogens (tertiary/aromatic N) is 1. The smallest absolute Gasteiger partial charge is 0.150 e. The first-order valence-corrected chi connectivity index (χ1v) is 4.12. The van der Waals surface area contributed by atoms with Gasteiger partial charge in [0.1, 0.15) is 5.69 Å². The first-order valence-electron chi connectivity index (χ1n) is 3.71. The van der Waals surface area contributed by atoms with E-state index in [1.54, 1.807) is 6.07 Å². The van der Waals surface area contributed by atoms with Gasteiger partial charge in [-0.3, -0.25) is 0 Å². The summed E-state index contributed by atoms with van der Waals surface area (Å²) in [6, 6.07) is 3.54. The molecule has 0 spiro atoms. The average molecular weight is 212 g/mol. The highest BCUT2D eigenvalue weighted by atomic mass is 32.1. The molecule has 0 aliphatic rings. The molecule has 0 saturated carbocycles. The fourth-order valence-electron chi connectivity index (χ4n) is 0.933. The number of benzene rings is 1. The molecule has 72 valence electrons. The van der Waals surface area contributed by atoms with E-state index in [4.69, 9.17) is 5.26 Å². The molecule has 0 fully saturated rings. The Bertz CT molecular complexity index is 400. The Hall–Kier alpha value is -1.54. The van der Waals surface area contributed by atoms with Crippen LogP contribution in [-0.4, -0.2) is 4.99 Å². The number of rotatable bonds is 1. The largest absolute Gasteiger partial charge is 0.345 e. The number of halogens is 2. The minimum absolute atomic E-state index is 0.0624. The van der Waals surface area contributed by atoms with Gasteiger partial charge in [-0.25, -0.2) is 8.78 Å². The van der Waals surface area contributed by atoms with Gasteiger partial charge in [-0.1, -0.05) is 12.2 Å². The second-order valence-corrected chi connectivity index (χ2v) is 3.22. The maximum Gasteiger partial charge on any atom is 0.150 e. The number of thiocarbonyl (C=S) groups is 1. The molecule has 0 aromatic heterocycles. The molecule has 0 unspecified atom stereocenters. The van der Waals surface area contributed by atoms with Crippen molar-refractivity contribution in [3.63, 3.8) is 0 Å². The summed E-state index contributed by atoms with van der Waals surface area (Å²) in [5.74, 6) is -1.66. The molecule has 0 saturated heterocycles. The van der Waals surface area contributed by atoms with Crippen LogP contribution in [-0.2, 0) is 0 Å². The number of nitrogens with one attached hydrogen (secondary N) is 1. The summed E-state index contributed by atoms with van der Waals surface area (Å²) in [6.07, 6.45) is 0. The molecule has 5 heteroatoms. The molecular weight excluding hydrogens is 206 g/mol. The van der Waals surface area contributed by atoms with Crippen molar-refractivity contribution in [2.75, 3.05) is 5.32 Å². The molecule has 0 amide bonds. The van der Waals surface area contributed by atoms with E-state index >= 15 is 0 Å². The van der Waals surface area contributed by atoms with Crippen LogP contribution in [0.5, 0.6) is 0 Å². The molecule has 1 N–H and O–H groups in total. The van der Waals surface area contributed by atoms with Gasteiger partial charge in [-0.05, 0) is 19.1 Å². The highest BCUT2D eigenvalue weighted by Gasteiger charge is 2.10. The van der Waals surface area contributed by atoms with Crippen molar-refractivity contribution in [3.8, 4) is 6.07 Å². The van der Waals surface area contributed by atoms with E-state index in [9.17, 15) is 8.78 Å². The predicted molar refractivity (Wildman–Crippen MR) is 53.0 cm³/mol. The molecule has 1 rings (SSSR count). The van der Waals surface area contributed by atoms with Crippen LogP contribution in [0.3, 0.4) is 0 Å². The van der Waals surface area contributed by atoms with E-state index in [0.717, 1.165) is 12.1 Å². The summed E-state index contributed by atoms with van der Waals surface area (Å²) in [6.45, 7) is 1.51. The third-order valence-electron chi connectivity index (χ3n) is 1.47. The molecule has 1 aromatic rings. The van der Waals surface area contributed by atoms with Crippen LogP contribution in [0.25, 0.3) is 0 Å². The highest BCUT2D eigenvalue weighted by Crippen LogP contribution is 2.20. The van der Waals surface area contributed by atoms with Crippen molar-refractivity contribution in [2.24, 2.45) is 0 Å². The third kappa shape index (κ3) is 2.24. The van der Waals surface area contributed by atoms with E-state index in [1.165, 1.54) is 6.92 Å². The zero-order valence-corrected chi connectivity index (χ0v) is 8.08. The first kappa shape index (κ1) is 10.5. The minimum atomic E-state index is -0.828. The number of nitriles is 1. The standard InChI is InChI=1S/C9H6F2N2S/c1-5(14)13-9-7(10)2-6(4-12)3-8(9)11/h2-3H,1H3,(H,13,14). The molecule has 0 aliphatic carbocycles. The second kappa shape index (κ2) is 4.11. The normalized spacial score (nSPS) is 9.29. The summed E-state index contributed by atoms with van der Waals surface area (Å²) < 4.78 is 26.3. The maximum absolute atomic E-state index is 13.1. The topological polar surface area (TPSA) is 35.8 Å². The summed E-state index contributed by atoms with van der Waals surface area (Å²) in [4.78, 5) is 0.257. The van der Waals surface area contributed by atoms with Crippen LogP contribution >= 0.6 is 12.2 Å². The Balaban J connectivity index is 3.19. The zero-order valence-electron chi connectivity index (χ0n) is 7.27. The summed E-state index contributed by atoms with van der Waals surface area (Å²) in [5, 5.41) is 10.8. The highest BCUT2D eigenvalue weighted by molar-refractivity contribution is 7.80. The zero-order chi connectivity index (χ0) is 10.7. The monoisotopic (exact) mass is 212 g/mol. The Kier molecular flexibility index (Phi) is 3.10. The Morgan fingerprint density at radius 2 is 1.93 bits per heavy atom. The number of hydrogen-bond donors (Lipinski definition) is 1. The van der Waals surface area contributed by atoms with Crippen molar-refractivity contribution >= 4 is 22.9 Å². The van der Waals surface area contributed by atoms with E-state index in [1.807, 2.05) is 0 Å². The Morgan fingerprint density at radius 1 is 1.43 bits per heavy atom. The van der Waals surface area contributed by atoms with Crippen LogP contribution in [0, 0.1) is 23.0 Å². The lowest BCUT2D eigenvalue weighted by atomic mass is 10.2. The van der Waals surface area contributed by atoms with Gasteiger partial charge in [-0.15, -0.1) is 0 Å². The molecule has 1 aromatic carbocycles. The second-order valence-electron chi connectivity index (χ2n) is 2.61. The van der Waals surface area contributed by atoms with E-state index in [0.29, 0.717) is 0 Å². The van der Waals surface area contributed by atoms with Crippen LogP contribution in [0.1, 0.15) is 12.5 Å². The van der Waals surface area contributed by atoms with Gasteiger partial charge < -0.3 is 5.32 Å². The Morgan fingerprint density at radius 3 is 2.29 bits per heavy atom. The SMILES string of the molecule is CC(=S)Nc1c(F)cc(C#N)cc1F. The van der Waals surface area contributed by atoms with Gasteiger partial charge >= 0.3 is 0 Å². The fourth-order valence-corrected chi connectivity index (χ4v) is 1.04. The molecule has 0 atom stereocenters. The molecule has 0 radical (unpaired) electrons. The van der Waals surface area contributed by atoms with Gasteiger partial charge in [-0.2, -0.15) is 5.26 Å². The molecule has 0 heterocycles. The number of anilines is 1. The van der Waals surface area contributed by atoms with Crippen molar-refractivity contribution in [1.82, 2.24) is 0 Å². The summed E-state index contributed by atoms with van der Waals surface area (Å²) in [5.41, 5.74) is -0.385. The molecule has 0 bridgehead atoms. The van der Waals surface area contributed by atoms with Crippen LogP contribution in [0.15, 0.2) is 12.1 Å². The quantitative estimate of drug-likeness (QED) is 0.727. The predicted octanol–water partition coefficient (Wildman–Crippen LogP) is 2.60. The van der Waals surface area contributed by atoms with Crippen molar-refractivity contribution < 1.29 is 8.78 Å². The molecule has 2 nitrogen and oxygen atoms in total. The van der Waals surface area contributed by atoms with Gasteiger partial charge in [0.2, 0.25) is 0 Å². The van der Waals surface area contributed by atoms with Crippen LogP contribution < -0.4 is 5.32 Å². The minimum Gasteiger partial charge on any atom is -0.345 e. The van der Waals surface area contributed by atoms with Gasteiger partial charge in [0.05, 0.1) is 16.6 Å². The van der Waals surface area contributed by atoms with E-state index in [-0.39, 0.29) is 16.2 Å². The maximum atomic E-state index is 13.1. The summed E-state index contributed by atoms with van der Waals surface area (Å²) in [7, 11) is 0. The van der Waals surface area contributed by atoms with Crippen molar-refractivity contribution in [1.29, 1.82) is 5.26 Å². The average Bonchev–Trinajstić information content (AvgIpc) is 2.10. The Labute approximate surface area is 85.2 Å². The van der Waals surface area contributed by atoms with Gasteiger partial charge in [0.15, 0.2) is 11.6 Å². The van der Waals surface area contributed by atoms with Crippen molar-refractivity contribution in [3.05, 3.63) is 29.3 Å². The first-order chi connectivity index (χ1) is 6.54. The lowest BCUT2D eigenvalue weighted by Gasteiger charge is -2.06. The molecule has 0 aliphatic heterocycles. The molecule has 14 heavy (non-hydrogen) atoms. The molecular formula is C9H6F2N2S. The number of hydrogen-bond acceptors (Lipinski definition) is 2. The van der Waals surface area contributed by atoms with Gasteiger partial charge in [0, 0.05) is 0 Å². The third-order valence-corrected chi connectivity index (χ3v) is 1.57. The van der Waals surface area contributed by atoms with Crippen LogP contribution in [0.2, 0.25) is 0 Å². The van der Waals surface area contributed by atoms with E-state index < -0.39 is 11.6 Å². The van der Waals surface area contributed by atoms with Gasteiger partial charge in [0.25, 0.3) is 0 Å². The lowest BCUT2D eigenvalue weighted by molar-refractivity contribution is 0.590. The lowest BCUT2D eigenvalue weighted by Crippen LogP contribution is -2.07. The van der Waals surface area contributed by atoms with Crippen LogP contribution in [0.4, 0.5) is 14.5 Å². The van der Waals surface area contributed by atoms with Crippen molar-refractivity contribution in [2.45, 2.75) is 6.92 Å².